The number of aliphatic hydroxyl groups is 1. The summed E-state index contributed by atoms with van der Waals surface area (Å²) in [5, 5.41) is 14.2. The van der Waals surface area contributed by atoms with E-state index in [4.69, 9.17) is 0 Å². The number of rotatable bonds is 5. The van der Waals surface area contributed by atoms with Crippen molar-refractivity contribution < 1.29 is 9.90 Å². The van der Waals surface area contributed by atoms with Crippen molar-refractivity contribution in [2.75, 3.05) is 13.2 Å². The first kappa shape index (κ1) is 12.6. The second-order valence-electron chi connectivity index (χ2n) is 5.44. The van der Waals surface area contributed by atoms with Gasteiger partial charge >= 0.3 is 0 Å². The van der Waals surface area contributed by atoms with Crippen molar-refractivity contribution in [1.29, 1.82) is 0 Å². The van der Waals surface area contributed by atoms with Crippen LogP contribution in [0.15, 0.2) is 17.5 Å². The van der Waals surface area contributed by atoms with E-state index in [0.29, 0.717) is 6.54 Å². The molecule has 1 fully saturated rings. The van der Waals surface area contributed by atoms with Gasteiger partial charge in [0.05, 0.1) is 12.0 Å². The van der Waals surface area contributed by atoms with E-state index in [9.17, 15) is 9.90 Å². The van der Waals surface area contributed by atoms with Crippen LogP contribution in [0.3, 0.4) is 0 Å². The molecule has 1 aromatic rings. The summed E-state index contributed by atoms with van der Waals surface area (Å²) < 4.78 is 0. The third kappa shape index (κ3) is 2.53. The van der Waals surface area contributed by atoms with Crippen molar-refractivity contribution in [1.82, 2.24) is 5.32 Å². The summed E-state index contributed by atoms with van der Waals surface area (Å²) in [6, 6.07) is 3.95. The number of hydrogen-bond acceptors (Lipinski definition) is 3. The molecule has 1 amide bonds. The zero-order chi connectivity index (χ0) is 12.5. The largest absolute Gasteiger partial charge is 0.396 e. The SMILES string of the molecule is CC(C)(C(=O)NCC1(CO)CC1)c1cccs1. The fourth-order valence-corrected chi connectivity index (χ4v) is 2.65. The number of nitrogens with one attached hydrogen (secondary N) is 1. The van der Waals surface area contributed by atoms with Crippen LogP contribution in [0.4, 0.5) is 0 Å². The molecule has 3 nitrogen and oxygen atoms in total. The zero-order valence-corrected chi connectivity index (χ0v) is 11.1. The van der Waals surface area contributed by atoms with Crippen LogP contribution in [0.2, 0.25) is 0 Å². The van der Waals surface area contributed by atoms with Gasteiger partial charge in [-0.25, -0.2) is 0 Å². The summed E-state index contributed by atoms with van der Waals surface area (Å²) in [7, 11) is 0. The van der Waals surface area contributed by atoms with Crippen LogP contribution >= 0.6 is 11.3 Å². The molecule has 0 atom stereocenters. The number of carbonyl (C=O) groups is 1. The number of hydrogen-bond donors (Lipinski definition) is 2. The molecule has 4 heteroatoms. The molecule has 1 heterocycles. The summed E-state index contributed by atoms with van der Waals surface area (Å²) in [6.07, 6.45) is 2.03. The molecule has 0 radical (unpaired) electrons. The third-order valence-corrected chi connectivity index (χ3v) is 4.81. The average molecular weight is 253 g/mol. The fraction of sp³-hybridized carbons (Fsp3) is 0.615. The second kappa shape index (κ2) is 4.42. The molecule has 0 unspecified atom stereocenters. The first-order chi connectivity index (χ1) is 8.00. The Labute approximate surface area is 106 Å². The van der Waals surface area contributed by atoms with Crippen LogP contribution in [0.1, 0.15) is 31.6 Å². The van der Waals surface area contributed by atoms with Crippen molar-refractivity contribution in [3.05, 3.63) is 22.4 Å². The van der Waals surface area contributed by atoms with Gasteiger partial charge in [-0.05, 0) is 38.1 Å². The van der Waals surface area contributed by atoms with Gasteiger partial charge in [-0.1, -0.05) is 6.07 Å². The summed E-state index contributed by atoms with van der Waals surface area (Å²) in [5.41, 5.74) is -0.513. The summed E-state index contributed by atoms with van der Waals surface area (Å²) in [6.45, 7) is 4.64. The second-order valence-corrected chi connectivity index (χ2v) is 6.39. The van der Waals surface area contributed by atoms with Gasteiger partial charge in [0, 0.05) is 16.8 Å². The lowest BCUT2D eigenvalue weighted by molar-refractivity contribution is -0.125. The normalized spacial score (nSPS) is 17.8. The highest BCUT2D eigenvalue weighted by Crippen LogP contribution is 2.44. The molecule has 94 valence electrons. The van der Waals surface area contributed by atoms with E-state index in [1.807, 2.05) is 31.4 Å². The van der Waals surface area contributed by atoms with Crippen molar-refractivity contribution in [2.45, 2.75) is 32.1 Å². The third-order valence-electron chi connectivity index (χ3n) is 3.62. The standard InChI is InChI=1S/C13H19NO2S/c1-12(2,10-4-3-7-17-10)11(16)14-8-13(9-15)5-6-13/h3-4,7,15H,5-6,8-9H2,1-2H3,(H,14,16). The smallest absolute Gasteiger partial charge is 0.230 e. The minimum absolute atomic E-state index is 0.0266. The van der Waals surface area contributed by atoms with E-state index in [-0.39, 0.29) is 17.9 Å². The van der Waals surface area contributed by atoms with Crippen molar-refractivity contribution in [2.24, 2.45) is 5.41 Å². The Morgan fingerprint density at radius 1 is 1.59 bits per heavy atom. The Hall–Kier alpha value is -0.870. The fourth-order valence-electron chi connectivity index (χ4n) is 1.80. The number of aliphatic hydroxyl groups excluding tert-OH is 1. The summed E-state index contributed by atoms with van der Waals surface area (Å²) in [5.74, 6) is 0.0414. The molecule has 1 saturated carbocycles. The molecule has 1 aliphatic rings. The predicted molar refractivity (Wildman–Crippen MR) is 69.1 cm³/mol. The van der Waals surface area contributed by atoms with Crippen LogP contribution in [0.5, 0.6) is 0 Å². The molecular formula is C13H19NO2S. The lowest BCUT2D eigenvalue weighted by Gasteiger charge is -2.23. The molecule has 0 aromatic carbocycles. The molecule has 0 saturated heterocycles. The van der Waals surface area contributed by atoms with Crippen LogP contribution in [-0.4, -0.2) is 24.2 Å². The van der Waals surface area contributed by atoms with Gasteiger partial charge in [0.1, 0.15) is 0 Å². The van der Waals surface area contributed by atoms with Crippen molar-refractivity contribution in [3.8, 4) is 0 Å². The number of amides is 1. The monoisotopic (exact) mass is 253 g/mol. The van der Waals surface area contributed by atoms with Crippen LogP contribution in [0, 0.1) is 5.41 Å². The zero-order valence-electron chi connectivity index (χ0n) is 10.3. The highest BCUT2D eigenvalue weighted by atomic mass is 32.1. The molecule has 17 heavy (non-hydrogen) atoms. The number of thiophene rings is 1. The van der Waals surface area contributed by atoms with Crippen molar-refractivity contribution in [3.63, 3.8) is 0 Å². The van der Waals surface area contributed by atoms with Gasteiger partial charge in [-0.15, -0.1) is 11.3 Å². The highest BCUT2D eigenvalue weighted by molar-refractivity contribution is 7.10. The molecule has 0 spiro atoms. The van der Waals surface area contributed by atoms with E-state index >= 15 is 0 Å². The van der Waals surface area contributed by atoms with Crippen LogP contribution < -0.4 is 5.32 Å². The van der Waals surface area contributed by atoms with Gasteiger partial charge in [-0.2, -0.15) is 0 Å². The maximum Gasteiger partial charge on any atom is 0.230 e. The van der Waals surface area contributed by atoms with Gasteiger partial charge in [0.15, 0.2) is 0 Å². The Balaban J connectivity index is 1.95. The van der Waals surface area contributed by atoms with Crippen LogP contribution in [-0.2, 0) is 10.2 Å². The first-order valence-corrected chi connectivity index (χ1v) is 6.81. The maximum atomic E-state index is 12.2. The molecular weight excluding hydrogens is 234 g/mol. The molecule has 1 aromatic heterocycles. The molecule has 2 rings (SSSR count). The molecule has 1 aliphatic carbocycles. The topological polar surface area (TPSA) is 49.3 Å². The summed E-state index contributed by atoms with van der Waals surface area (Å²) >= 11 is 1.60. The van der Waals surface area contributed by atoms with E-state index in [1.165, 1.54) is 0 Å². The predicted octanol–water partition coefficient (Wildman–Crippen LogP) is 1.91. The van der Waals surface area contributed by atoms with E-state index in [0.717, 1.165) is 17.7 Å². The van der Waals surface area contributed by atoms with E-state index in [2.05, 4.69) is 5.32 Å². The Kier molecular flexibility index (Phi) is 3.27. The molecule has 0 bridgehead atoms. The average Bonchev–Trinajstić information content (AvgIpc) is 2.87. The lowest BCUT2D eigenvalue weighted by Crippen LogP contribution is -2.42. The highest BCUT2D eigenvalue weighted by Gasteiger charge is 2.43. The maximum absolute atomic E-state index is 12.2. The quantitative estimate of drug-likeness (QED) is 0.842. The van der Waals surface area contributed by atoms with Crippen molar-refractivity contribution >= 4 is 17.2 Å². The first-order valence-electron chi connectivity index (χ1n) is 5.93. The Bertz CT molecular complexity index is 394. The number of carbonyl (C=O) groups excluding carboxylic acids is 1. The molecule has 2 N–H and O–H groups in total. The van der Waals surface area contributed by atoms with Gasteiger partial charge in [-0.3, -0.25) is 4.79 Å². The summed E-state index contributed by atoms with van der Waals surface area (Å²) in [4.78, 5) is 13.2. The van der Waals surface area contributed by atoms with Crippen LogP contribution in [0.25, 0.3) is 0 Å². The van der Waals surface area contributed by atoms with E-state index < -0.39 is 5.41 Å². The Morgan fingerprint density at radius 2 is 2.29 bits per heavy atom. The Morgan fingerprint density at radius 3 is 2.76 bits per heavy atom. The van der Waals surface area contributed by atoms with E-state index in [1.54, 1.807) is 11.3 Å². The minimum Gasteiger partial charge on any atom is -0.396 e. The van der Waals surface area contributed by atoms with Gasteiger partial charge in [0.2, 0.25) is 5.91 Å². The molecule has 0 aliphatic heterocycles. The van der Waals surface area contributed by atoms with Gasteiger partial charge < -0.3 is 10.4 Å². The van der Waals surface area contributed by atoms with Gasteiger partial charge in [0.25, 0.3) is 0 Å². The lowest BCUT2D eigenvalue weighted by atomic mass is 9.90. The minimum atomic E-state index is -0.486.